The number of rotatable bonds is 3. The summed E-state index contributed by atoms with van der Waals surface area (Å²) in [4.78, 5) is 23.8. The zero-order valence-electron chi connectivity index (χ0n) is 11.7. The summed E-state index contributed by atoms with van der Waals surface area (Å²) in [7, 11) is 0. The van der Waals surface area contributed by atoms with E-state index in [4.69, 9.17) is 0 Å². The summed E-state index contributed by atoms with van der Waals surface area (Å²) in [5.74, 6) is -0.870. The van der Waals surface area contributed by atoms with E-state index in [0.717, 1.165) is 0 Å². The summed E-state index contributed by atoms with van der Waals surface area (Å²) >= 11 is 0. The molecule has 0 unspecified atom stereocenters. The maximum atomic E-state index is 12.6. The number of hydrogen-bond donors (Lipinski definition) is 2. The third kappa shape index (κ3) is 2.02. The van der Waals surface area contributed by atoms with E-state index in [-0.39, 0.29) is 29.1 Å². The minimum absolute atomic E-state index is 0.0206. The van der Waals surface area contributed by atoms with Crippen LogP contribution in [0.4, 0.5) is 0 Å². The van der Waals surface area contributed by atoms with Crippen molar-refractivity contribution >= 4 is 11.8 Å². The molecule has 0 bridgehead atoms. The zero-order valence-corrected chi connectivity index (χ0v) is 11.7. The number of fused-ring (bicyclic) bond motifs is 1. The Labute approximate surface area is 113 Å². The van der Waals surface area contributed by atoms with Gasteiger partial charge in [-0.15, -0.1) is 0 Å². The van der Waals surface area contributed by atoms with Gasteiger partial charge < -0.3 is 10.2 Å². The van der Waals surface area contributed by atoms with Crippen LogP contribution in [-0.2, 0) is 9.59 Å². The van der Waals surface area contributed by atoms with E-state index in [1.165, 1.54) is 0 Å². The number of carboxylic acid groups (broad SMARTS) is 1. The summed E-state index contributed by atoms with van der Waals surface area (Å²) in [6, 6.07) is 0. The van der Waals surface area contributed by atoms with Crippen molar-refractivity contribution in [3.63, 3.8) is 0 Å². The molecule has 2 aliphatic rings. The predicted molar refractivity (Wildman–Crippen MR) is 70.5 cm³/mol. The first-order valence-electron chi connectivity index (χ1n) is 6.98. The Hall–Kier alpha value is -1.16. The molecule has 0 aromatic carbocycles. The molecule has 4 atom stereocenters. The summed E-state index contributed by atoms with van der Waals surface area (Å²) in [5, 5.41) is 19.6. The molecule has 0 aromatic heterocycles. The SMILES string of the molecule is CC(C)C(=O)[C@]12C=C(C(=O)O)CC[C@H]1[C@H](C)C[C@@H]2O. The third-order valence-electron chi connectivity index (χ3n) is 4.81. The van der Waals surface area contributed by atoms with Crippen LogP contribution in [0.1, 0.15) is 40.0 Å². The van der Waals surface area contributed by atoms with Gasteiger partial charge in [-0.25, -0.2) is 4.79 Å². The molecule has 4 nitrogen and oxygen atoms in total. The minimum atomic E-state index is -0.973. The third-order valence-corrected chi connectivity index (χ3v) is 4.81. The monoisotopic (exact) mass is 266 g/mol. The van der Waals surface area contributed by atoms with Crippen molar-refractivity contribution in [1.29, 1.82) is 0 Å². The van der Waals surface area contributed by atoms with E-state index in [0.29, 0.717) is 19.3 Å². The topological polar surface area (TPSA) is 74.6 Å². The average molecular weight is 266 g/mol. The van der Waals surface area contributed by atoms with Gasteiger partial charge in [0.05, 0.1) is 11.5 Å². The molecule has 1 fully saturated rings. The molecular weight excluding hydrogens is 244 g/mol. The van der Waals surface area contributed by atoms with E-state index in [9.17, 15) is 19.8 Å². The summed E-state index contributed by atoms with van der Waals surface area (Å²) in [5.41, 5.74) is -0.696. The van der Waals surface area contributed by atoms with E-state index < -0.39 is 17.5 Å². The van der Waals surface area contributed by atoms with Gasteiger partial charge >= 0.3 is 5.97 Å². The standard InChI is InChI=1S/C15H22O4/c1-8(2)13(17)15-7-10(14(18)19)4-5-11(15)9(3)6-12(15)16/h7-9,11-12,16H,4-6H2,1-3H3,(H,18,19)/t9-,11+,12+,15-/m1/s1. The van der Waals surface area contributed by atoms with Crippen molar-refractivity contribution in [3.05, 3.63) is 11.6 Å². The Morgan fingerprint density at radius 1 is 1.42 bits per heavy atom. The fourth-order valence-electron chi connectivity index (χ4n) is 3.91. The van der Waals surface area contributed by atoms with E-state index >= 15 is 0 Å². The molecule has 2 aliphatic carbocycles. The van der Waals surface area contributed by atoms with E-state index in [1.807, 2.05) is 20.8 Å². The van der Waals surface area contributed by atoms with Crippen LogP contribution < -0.4 is 0 Å². The molecule has 0 aliphatic heterocycles. The highest BCUT2D eigenvalue weighted by Crippen LogP contribution is 2.55. The van der Waals surface area contributed by atoms with Gasteiger partial charge in [-0.3, -0.25) is 4.79 Å². The summed E-state index contributed by atoms with van der Waals surface area (Å²) in [6.45, 7) is 5.67. The molecule has 0 heterocycles. The molecule has 4 heteroatoms. The van der Waals surface area contributed by atoms with Crippen LogP contribution >= 0.6 is 0 Å². The maximum absolute atomic E-state index is 12.6. The lowest BCUT2D eigenvalue weighted by atomic mass is 9.63. The number of Topliss-reactive ketones (excluding diaryl/α,β-unsaturated/α-hetero) is 1. The van der Waals surface area contributed by atoms with Crippen LogP contribution in [0.5, 0.6) is 0 Å². The fraction of sp³-hybridized carbons (Fsp3) is 0.733. The number of aliphatic carboxylic acids is 1. The number of carboxylic acids is 1. The highest BCUT2D eigenvalue weighted by Gasteiger charge is 2.58. The largest absolute Gasteiger partial charge is 0.478 e. The molecule has 0 aromatic rings. The van der Waals surface area contributed by atoms with Gasteiger partial charge in [0, 0.05) is 11.5 Å². The number of aliphatic hydroxyl groups is 1. The zero-order chi connectivity index (χ0) is 14.4. The van der Waals surface area contributed by atoms with Crippen LogP contribution in [-0.4, -0.2) is 28.1 Å². The Morgan fingerprint density at radius 3 is 2.58 bits per heavy atom. The molecule has 2 N–H and O–H groups in total. The van der Waals surface area contributed by atoms with Crippen LogP contribution in [0.25, 0.3) is 0 Å². The second kappa shape index (κ2) is 4.75. The average Bonchev–Trinajstić information content (AvgIpc) is 2.60. The Balaban J connectivity index is 2.54. The molecular formula is C15H22O4. The van der Waals surface area contributed by atoms with E-state index in [2.05, 4.69) is 0 Å². The van der Waals surface area contributed by atoms with Gasteiger partial charge in [0.1, 0.15) is 5.78 Å². The number of carbonyl (C=O) groups excluding carboxylic acids is 1. The Morgan fingerprint density at radius 2 is 2.05 bits per heavy atom. The first-order valence-corrected chi connectivity index (χ1v) is 6.98. The first kappa shape index (κ1) is 14.3. The number of aliphatic hydroxyl groups excluding tert-OH is 1. The second-order valence-electron chi connectivity index (χ2n) is 6.30. The van der Waals surface area contributed by atoms with Crippen LogP contribution in [0, 0.1) is 23.2 Å². The molecule has 2 rings (SSSR count). The number of ketones is 1. The smallest absolute Gasteiger partial charge is 0.331 e. The van der Waals surface area contributed by atoms with Crippen molar-refractivity contribution in [1.82, 2.24) is 0 Å². The normalized spacial score (nSPS) is 37.9. The van der Waals surface area contributed by atoms with Crippen LogP contribution in [0.2, 0.25) is 0 Å². The minimum Gasteiger partial charge on any atom is -0.478 e. The van der Waals surface area contributed by atoms with Gasteiger partial charge in [0.2, 0.25) is 0 Å². The molecule has 106 valence electrons. The van der Waals surface area contributed by atoms with Crippen molar-refractivity contribution in [3.8, 4) is 0 Å². The van der Waals surface area contributed by atoms with Gasteiger partial charge in [-0.2, -0.15) is 0 Å². The Bertz CT molecular complexity index is 437. The first-order chi connectivity index (χ1) is 8.80. The molecule has 0 saturated heterocycles. The Kier molecular flexibility index (Phi) is 3.56. The lowest BCUT2D eigenvalue weighted by Crippen LogP contribution is -2.46. The number of carbonyl (C=O) groups is 2. The highest BCUT2D eigenvalue weighted by molar-refractivity contribution is 5.94. The van der Waals surface area contributed by atoms with Crippen molar-refractivity contribution in [2.45, 2.75) is 46.1 Å². The predicted octanol–water partition coefficient (Wildman–Crippen LogP) is 2.02. The lowest BCUT2D eigenvalue weighted by Gasteiger charge is -2.40. The number of hydrogen-bond acceptors (Lipinski definition) is 3. The molecule has 0 spiro atoms. The molecule has 0 amide bonds. The van der Waals surface area contributed by atoms with Gasteiger partial charge in [-0.1, -0.05) is 26.8 Å². The summed E-state index contributed by atoms with van der Waals surface area (Å²) in [6.07, 6.45) is 2.56. The quantitative estimate of drug-likeness (QED) is 0.819. The summed E-state index contributed by atoms with van der Waals surface area (Å²) < 4.78 is 0. The molecule has 1 saturated carbocycles. The van der Waals surface area contributed by atoms with Crippen LogP contribution in [0.3, 0.4) is 0 Å². The van der Waals surface area contributed by atoms with Gasteiger partial charge in [-0.05, 0) is 31.1 Å². The highest BCUT2D eigenvalue weighted by atomic mass is 16.4. The van der Waals surface area contributed by atoms with Crippen molar-refractivity contribution < 1.29 is 19.8 Å². The molecule has 19 heavy (non-hydrogen) atoms. The van der Waals surface area contributed by atoms with Crippen molar-refractivity contribution in [2.24, 2.45) is 23.2 Å². The van der Waals surface area contributed by atoms with Crippen molar-refractivity contribution in [2.75, 3.05) is 0 Å². The second-order valence-corrected chi connectivity index (χ2v) is 6.30. The van der Waals surface area contributed by atoms with Gasteiger partial charge in [0.15, 0.2) is 0 Å². The van der Waals surface area contributed by atoms with Gasteiger partial charge in [0.25, 0.3) is 0 Å². The fourth-order valence-corrected chi connectivity index (χ4v) is 3.91. The van der Waals surface area contributed by atoms with E-state index in [1.54, 1.807) is 6.08 Å². The lowest BCUT2D eigenvalue weighted by molar-refractivity contribution is -0.137. The maximum Gasteiger partial charge on any atom is 0.331 e. The van der Waals surface area contributed by atoms with Crippen LogP contribution in [0.15, 0.2) is 11.6 Å². The molecule has 0 radical (unpaired) electrons.